The van der Waals surface area contributed by atoms with E-state index >= 15 is 0 Å². The lowest BCUT2D eigenvalue weighted by Crippen LogP contribution is -2.10. The van der Waals surface area contributed by atoms with Crippen molar-refractivity contribution in [1.29, 1.82) is 0 Å². The fraction of sp³-hybridized carbons (Fsp3) is 0.311. The highest BCUT2D eigenvalue weighted by molar-refractivity contribution is 8.41. The number of anilines is 2. The molecule has 7 aromatic rings. The molecule has 0 radical (unpaired) electrons. The Morgan fingerprint density at radius 3 is 1.27 bits per heavy atom. The fourth-order valence-electron chi connectivity index (χ4n) is 6.72. The molecule has 0 bridgehead atoms. The molecule has 2 unspecified atom stereocenters. The van der Waals surface area contributed by atoms with Gasteiger partial charge in [-0.05, 0) is 220 Å². The van der Waals surface area contributed by atoms with E-state index < -0.39 is 17.5 Å². The monoisotopic (exact) mass is 1070 g/mol. The van der Waals surface area contributed by atoms with Gasteiger partial charge >= 0.3 is 0 Å². The van der Waals surface area contributed by atoms with E-state index in [1.54, 1.807) is 13.0 Å². The summed E-state index contributed by atoms with van der Waals surface area (Å²) in [6.45, 7) is 34.7. The first-order chi connectivity index (χ1) is 34.0. The van der Waals surface area contributed by atoms with Gasteiger partial charge in [0.05, 0.1) is 11.9 Å². The SMILES string of the molecule is CCc1nc(C)ccc1C.Cc1cc(C)cc(OP(P)P)c1.Cc1ccc(C)c(C)c1.Cc1ccc(C)c(C)c1.Cc1ccc(C)c(NC=O)c1.Cc1ccc(C)c(NS(C)(=O)=O)c1.Cc1ccc(F)c(C)c1. The maximum absolute atomic E-state index is 12.5. The van der Waals surface area contributed by atoms with Crippen molar-refractivity contribution in [3.8, 4) is 5.75 Å². The summed E-state index contributed by atoms with van der Waals surface area (Å²) in [5.41, 5.74) is 21.9. The molecule has 12 heteroatoms. The summed E-state index contributed by atoms with van der Waals surface area (Å²) >= 11 is 0. The second kappa shape index (κ2) is 33.5. The van der Waals surface area contributed by atoms with E-state index in [0.29, 0.717) is 12.1 Å². The van der Waals surface area contributed by atoms with Crippen LogP contribution in [0.5, 0.6) is 5.75 Å². The molecule has 0 fully saturated rings. The van der Waals surface area contributed by atoms with Gasteiger partial charge in [0.2, 0.25) is 16.4 Å². The Bertz CT molecular complexity index is 2810. The third-order valence-electron chi connectivity index (χ3n) is 11.0. The number of pyridine rings is 1. The Hall–Kier alpha value is -5.29. The number of nitrogens with one attached hydrogen (secondary N) is 2. The molecule has 2 atom stereocenters. The summed E-state index contributed by atoms with van der Waals surface area (Å²) in [5, 5.41) is 2.64. The molecule has 6 aromatic carbocycles. The highest BCUT2D eigenvalue weighted by Gasteiger charge is 2.05. The molecular weight excluding hydrogens is 983 g/mol. The third-order valence-corrected chi connectivity index (χ3v) is 12.7. The van der Waals surface area contributed by atoms with Crippen LogP contribution in [0.4, 0.5) is 15.8 Å². The van der Waals surface area contributed by atoms with Crippen LogP contribution in [0, 0.1) is 117 Å². The van der Waals surface area contributed by atoms with Crippen LogP contribution >= 0.6 is 25.4 Å². The van der Waals surface area contributed by atoms with Crippen LogP contribution in [0.25, 0.3) is 0 Å². The van der Waals surface area contributed by atoms with Crippen molar-refractivity contribution in [2.24, 2.45) is 0 Å². The van der Waals surface area contributed by atoms with Crippen LogP contribution in [-0.4, -0.2) is 26.1 Å². The largest absolute Gasteiger partial charge is 0.466 e. The van der Waals surface area contributed by atoms with Gasteiger partial charge in [0.1, 0.15) is 19.1 Å². The first kappa shape index (κ1) is 65.7. The number of hydrogen-bond donors (Lipinski definition) is 2. The Morgan fingerprint density at radius 1 is 0.507 bits per heavy atom. The molecule has 0 saturated heterocycles. The van der Waals surface area contributed by atoms with Gasteiger partial charge < -0.3 is 9.84 Å². The third kappa shape index (κ3) is 28.7. The van der Waals surface area contributed by atoms with Crippen molar-refractivity contribution in [3.63, 3.8) is 0 Å². The van der Waals surface area contributed by atoms with E-state index in [9.17, 15) is 17.6 Å². The second-order valence-corrected chi connectivity index (χ2v) is 26.0. The fourth-order valence-corrected chi connectivity index (χ4v) is 8.42. The van der Waals surface area contributed by atoms with Crippen LogP contribution in [0.1, 0.15) is 102 Å². The molecule has 1 heterocycles. The number of hydrogen-bond acceptors (Lipinski definition) is 5. The quantitative estimate of drug-likeness (QED) is 0.122. The molecule has 7 rings (SSSR count). The highest BCUT2D eigenvalue weighted by atomic mass is 32.4. The zero-order chi connectivity index (χ0) is 55.6. The number of carbonyl (C=O) groups is 1. The van der Waals surface area contributed by atoms with Crippen LogP contribution in [0.3, 0.4) is 0 Å². The molecule has 73 heavy (non-hydrogen) atoms. The van der Waals surface area contributed by atoms with Crippen LogP contribution in [-0.2, 0) is 21.2 Å². The van der Waals surface area contributed by atoms with Gasteiger partial charge in [-0.3, -0.25) is 14.5 Å². The van der Waals surface area contributed by atoms with E-state index in [0.717, 1.165) is 63.2 Å². The van der Waals surface area contributed by atoms with Crippen molar-refractivity contribution in [2.75, 3.05) is 16.3 Å². The first-order valence-electron chi connectivity index (χ1n) is 24.2. The molecule has 0 saturated carbocycles. The van der Waals surface area contributed by atoms with Gasteiger partial charge in [-0.15, -0.1) is 0 Å². The molecule has 0 aliphatic heterocycles. The summed E-state index contributed by atoms with van der Waals surface area (Å²) in [6.07, 6.45) is 2.88. The van der Waals surface area contributed by atoms with Crippen molar-refractivity contribution in [1.82, 2.24) is 4.98 Å². The average molecular weight is 1070 g/mol. The van der Waals surface area contributed by atoms with E-state index in [2.05, 4.69) is 169 Å². The summed E-state index contributed by atoms with van der Waals surface area (Å²) in [7, 11) is 1.65. The normalized spacial score (nSPS) is 10.1. The number of amides is 1. The van der Waals surface area contributed by atoms with E-state index in [-0.39, 0.29) is 5.82 Å². The summed E-state index contributed by atoms with van der Waals surface area (Å²) < 4.78 is 42.4. The summed E-state index contributed by atoms with van der Waals surface area (Å²) in [5.74, 6) is 0.837. The van der Waals surface area contributed by atoms with Crippen LogP contribution in [0.15, 0.2) is 121 Å². The van der Waals surface area contributed by atoms with Crippen LogP contribution < -0.4 is 14.6 Å². The number of aryl methyl sites for hydroxylation is 17. The zero-order valence-electron chi connectivity index (χ0n) is 46.8. The topological polar surface area (TPSA) is 97.4 Å². The number of sulfonamides is 1. The molecule has 1 aromatic heterocycles. The Morgan fingerprint density at radius 2 is 0.904 bits per heavy atom. The summed E-state index contributed by atoms with van der Waals surface area (Å²) in [6, 6.07) is 40.1. The van der Waals surface area contributed by atoms with Gasteiger partial charge in [0, 0.05) is 17.1 Å². The van der Waals surface area contributed by atoms with Crippen molar-refractivity contribution < 1.29 is 22.1 Å². The zero-order valence-corrected chi connectivity index (χ0v) is 50.8. The van der Waals surface area contributed by atoms with Crippen molar-refractivity contribution in [3.05, 3.63) is 222 Å². The second-order valence-electron chi connectivity index (χ2n) is 18.5. The minimum Gasteiger partial charge on any atom is -0.466 e. The smallest absolute Gasteiger partial charge is 0.229 e. The van der Waals surface area contributed by atoms with Crippen molar-refractivity contribution in [2.45, 2.75) is 124 Å². The predicted molar refractivity (Wildman–Crippen MR) is 323 cm³/mol. The predicted octanol–water partition coefficient (Wildman–Crippen LogP) is 17.1. The Kier molecular flexibility index (Phi) is 30.2. The average Bonchev–Trinajstić information content (AvgIpc) is 3.29. The first-order valence-corrected chi connectivity index (χ1v) is 30.5. The Balaban J connectivity index is 0.000000428. The standard InChI is InChI=1S/C9H13NO2S.C9H11NO.C9H13N.2C9H12.C8H9F.C8H13OP3/c1-7-4-5-8(2)9(6-7)10-13(3,11)12;1-7-3-4-8(2)9(5-7)10-6-11;1-4-9-7(2)5-6-8(3)10-9;2*1-7-4-5-8(2)9(3)6-7;1-6-3-4-8(9)7(2)5-6;1-6-3-7(2)5-8(4-6)9-12(10)11/h4-6,10H,1-3H3;3-6H,1-2H3,(H,10,11);5-6H,4H2,1-3H3;2*4-6H,1-3H3;3-5H,1-2H3;3-5H,10-11H2,1-2H3. The van der Waals surface area contributed by atoms with Gasteiger partial charge in [0.25, 0.3) is 0 Å². The molecule has 7 nitrogen and oxygen atoms in total. The molecule has 0 spiro atoms. The minimum atomic E-state index is -3.17. The lowest BCUT2D eigenvalue weighted by atomic mass is 10.1. The molecule has 2 N–H and O–H groups in total. The highest BCUT2D eigenvalue weighted by Crippen LogP contribution is 2.53. The van der Waals surface area contributed by atoms with E-state index in [1.165, 1.54) is 61.8 Å². The maximum Gasteiger partial charge on any atom is 0.229 e. The van der Waals surface area contributed by atoms with E-state index in [1.807, 2.05) is 84.0 Å². The van der Waals surface area contributed by atoms with Gasteiger partial charge in [0.15, 0.2) is 0 Å². The molecular formula is C61H83FN3O4P3S. The molecule has 0 aliphatic rings. The maximum atomic E-state index is 12.5. The van der Waals surface area contributed by atoms with E-state index in [4.69, 9.17) is 4.52 Å². The lowest BCUT2D eigenvalue weighted by Gasteiger charge is -2.09. The summed E-state index contributed by atoms with van der Waals surface area (Å²) in [4.78, 5) is 14.5. The number of benzene rings is 6. The number of aromatic nitrogens is 1. The molecule has 394 valence electrons. The van der Waals surface area contributed by atoms with Crippen LogP contribution in [0.2, 0.25) is 0 Å². The number of halogens is 1. The Labute approximate surface area is 446 Å². The number of carbonyl (C=O) groups excluding carboxylic acids is 1. The molecule has 1 amide bonds. The van der Waals surface area contributed by atoms with Gasteiger partial charge in [-0.25, -0.2) is 12.8 Å². The lowest BCUT2D eigenvalue weighted by molar-refractivity contribution is -0.105. The minimum absolute atomic E-state index is 0.124. The number of nitrogens with zero attached hydrogens (tertiary/aromatic N) is 1. The van der Waals surface area contributed by atoms with Gasteiger partial charge in [-0.2, -0.15) is 0 Å². The number of rotatable bonds is 7. The molecule has 0 aliphatic carbocycles. The van der Waals surface area contributed by atoms with Crippen molar-refractivity contribution >= 4 is 53.2 Å². The van der Waals surface area contributed by atoms with Gasteiger partial charge in [-0.1, -0.05) is 126 Å².